The summed E-state index contributed by atoms with van der Waals surface area (Å²) in [5.74, 6) is 0.711. The van der Waals surface area contributed by atoms with Gasteiger partial charge in [0.05, 0.1) is 25.1 Å². The molecule has 1 fully saturated rings. The first kappa shape index (κ1) is 21.3. The van der Waals surface area contributed by atoms with E-state index in [-0.39, 0.29) is 16.9 Å². The van der Waals surface area contributed by atoms with Gasteiger partial charge in [0.2, 0.25) is 11.7 Å². The first-order valence-corrected chi connectivity index (χ1v) is 10.7. The van der Waals surface area contributed by atoms with Gasteiger partial charge in [0.25, 0.3) is 0 Å². The monoisotopic (exact) mass is 482 g/mol. The molecule has 3 aromatic heterocycles. The maximum atomic E-state index is 13.0. The summed E-state index contributed by atoms with van der Waals surface area (Å²) in [5.41, 5.74) is 1.60. The third-order valence-corrected chi connectivity index (χ3v) is 5.28. The lowest BCUT2D eigenvalue weighted by Gasteiger charge is -2.26. The smallest absolute Gasteiger partial charge is 0.316 e. The minimum atomic E-state index is -0.509. The van der Waals surface area contributed by atoms with Gasteiger partial charge < -0.3 is 14.8 Å². The minimum absolute atomic E-state index is 0.0159. The molecule has 1 saturated heterocycles. The Morgan fingerprint density at radius 1 is 1.09 bits per heavy atom. The van der Waals surface area contributed by atoms with Gasteiger partial charge in [0.15, 0.2) is 5.82 Å². The van der Waals surface area contributed by atoms with Crippen LogP contribution in [0.4, 0.5) is 11.6 Å². The van der Waals surface area contributed by atoms with Gasteiger partial charge in [-0.3, -0.25) is 4.79 Å². The molecule has 166 valence electrons. The van der Waals surface area contributed by atoms with Crippen molar-refractivity contribution in [1.29, 1.82) is 0 Å². The molecule has 0 bridgehead atoms. The summed E-state index contributed by atoms with van der Waals surface area (Å²) in [6, 6.07) is 12.5. The molecule has 0 unspecified atom stereocenters. The molecule has 9 nitrogen and oxygen atoms in total. The molecule has 0 aliphatic carbocycles. The van der Waals surface area contributed by atoms with Crippen molar-refractivity contribution in [1.82, 2.24) is 24.7 Å². The normalized spacial score (nSPS) is 13.4. The highest BCUT2D eigenvalue weighted by Crippen LogP contribution is 2.24. The maximum Gasteiger partial charge on any atom is 0.316 e. The molecule has 0 radical (unpaired) electrons. The molecule has 5 rings (SSSR count). The summed E-state index contributed by atoms with van der Waals surface area (Å²) in [7, 11) is 0. The summed E-state index contributed by atoms with van der Waals surface area (Å²) >= 11 is 12.2. The number of nitrogens with one attached hydrogen (secondary N) is 1. The van der Waals surface area contributed by atoms with Gasteiger partial charge >= 0.3 is 5.56 Å². The van der Waals surface area contributed by atoms with Crippen LogP contribution in [0.1, 0.15) is 0 Å². The molecule has 0 spiro atoms. The van der Waals surface area contributed by atoms with Gasteiger partial charge in [0, 0.05) is 28.7 Å². The van der Waals surface area contributed by atoms with E-state index in [4.69, 9.17) is 32.7 Å². The van der Waals surface area contributed by atoms with Crippen LogP contribution in [-0.2, 0) is 4.74 Å². The van der Waals surface area contributed by atoms with Crippen molar-refractivity contribution >= 4 is 34.8 Å². The lowest BCUT2D eigenvalue weighted by molar-refractivity contribution is -0.0803. The van der Waals surface area contributed by atoms with Crippen molar-refractivity contribution < 1.29 is 9.47 Å². The van der Waals surface area contributed by atoms with Crippen molar-refractivity contribution in [3.8, 4) is 22.8 Å². The zero-order chi connectivity index (χ0) is 22.8. The largest absolute Gasteiger partial charge is 0.478 e. The SMILES string of the molecule is O=c1c(OC2COC2)c(Cl)cnn1-c1cc(-c2ccnc(Nc3cccc(Cl)c3)n2)ccn1. The predicted molar refractivity (Wildman–Crippen MR) is 124 cm³/mol. The van der Waals surface area contributed by atoms with Gasteiger partial charge in [-0.2, -0.15) is 9.78 Å². The molecule has 1 aromatic carbocycles. The van der Waals surface area contributed by atoms with E-state index in [0.29, 0.717) is 35.7 Å². The Morgan fingerprint density at radius 3 is 2.73 bits per heavy atom. The second kappa shape index (κ2) is 9.14. The molecule has 1 aliphatic rings. The van der Waals surface area contributed by atoms with Gasteiger partial charge in [-0.1, -0.05) is 29.3 Å². The Labute approximate surface area is 198 Å². The van der Waals surface area contributed by atoms with Gasteiger partial charge in [-0.25, -0.2) is 15.0 Å². The molecule has 33 heavy (non-hydrogen) atoms. The fourth-order valence-corrected chi connectivity index (χ4v) is 3.46. The minimum Gasteiger partial charge on any atom is -0.478 e. The summed E-state index contributed by atoms with van der Waals surface area (Å²) < 4.78 is 11.9. The first-order chi connectivity index (χ1) is 16.1. The van der Waals surface area contributed by atoms with Crippen LogP contribution < -0.4 is 15.6 Å². The number of benzene rings is 1. The zero-order valence-electron chi connectivity index (χ0n) is 17.0. The summed E-state index contributed by atoms with van der Waals surface area (Å²) in [5, 5.41) is 7.97. The number of anilines is 2. The third-order valence-electron chi connectivity index (χ3n) is 4.78. The molecular weight excluding hydrogens is 467 g/mol. The molecular formula is C22H16Cl2N6O3. The molecule has 0 atom stereocenters. The van der Waals surface area contributed by atoms with Crippen molar-refractivity contribution in [3.63, 3.8) is 0 Å². The molecule has 0 amide bonds. The van der Waals surface area contributed by atoms with Crippen LogP contribution >= 0.6 is 23.2 Å². The Morgan fingerprint density at radius 2 is 1.94 bits per heavy atom. The Kier molecular flexibility index (Phi) is 5.91. The van der Waals surface area contributed by atoms with Crippen molar-refractivity contribution in [2.45, 2.75) is 6.10 Å². The van der Waals surface area contributed by atoms with E-state index in [0.717, 1.165) is 15.9 Å². The molecule has 4 heterocycles. The Bertz CT molecular complexity index is 1380. The van der Waals surface area contributed by atoms with Crippen LogP contribution in [-0.4, -0.2) is 44.1 Å². The van der Waals surface area contributed by atoms with Crippen LogP contribution in [0.3, 0.4) is 0 Å². The fraction of sp³-hybridized carbons (Fsp3) is 0.136. The maximum absolute atomic E-state index is 13.0. The standard InChI is InChI=1S/C22H16Cl2N6O3/c23-14-2-1-3-15(9-14)28-22-26-7-5-18(29-22)13-4-6-25-19(8-13)30-21(31)20(17(24)10-27-30)33-16-11-32-12-16/h1-10,16H,11-12H2,(H,26,28,29). The highest BCUT2D eigenvalue weighted by atomic mass is 35.5. The Hall–Kier alpha value is -3.53. The van der Waals surface area contributed by atoms with E-state index in [1.165, 1.54) is 6.20 Å². The lowest BCUT2D eigenvalue weighted by atomic mass is 10.2. The van der Waals surface area contributed by atoms with E-state index in [9.17, 15) is 4.79 Å². The zero-order valence-corrected chi connectivity index (χ0v) is 18.5. The van der Waals surface area contributed by atoms with Crippen molar-refractivity contribution in [3.05, 3.63) is 81.5 Å². The molecule has 1 N–H and O–H groups in total. The summed E-state index contributed by atoms with van der Waals surface area (Å²) in [6.07, 6.45) is 4.34. The average Bonchev–Trinajstić information content (AvgIpc) is 2.78. The van der Waals surface area contributed by atoms with E-state index >= 15 is 0 Å². The molecule has 1 aliphatic heterocycles. The van der Waals surface area contributed by atoms with E-state index in [1.807, 2.05) is 12.1 Å². The number of hydrogen-bond donors (Lipinski definition) is 1. The van der Waals surface area contributed by atoms with E-state index in [1.54, 1.807) is 42.7 Å². The molecule has 0 saturated carbocycles. The topological polar surface area (TPSA) is 104 Å². The number of pyridine rings is 1. The number of aromatic nitrogens is 5. The first-order valence-electron chi connectivity index (χ1n) is 9.91. The molecule has 4 aromatic rings. The fourth-order valence-electron chi connectivity index (χ4n) is 3.11. The van der Waals surface area contributed by atoms with E-state index < -0.39 is 5.56 Å². The Balaban J connectivity index is 1.45. The van der Waals surface area contributed by atoms with Crippen LogP contribution in [0.15, 0.2) is 65.8 Å². The second-order valence-electron chi connectivity index (χ2n) is 7.12. The quantitative estimate of drug-likeness (QED) is 0.440. The highest BCUT2D eigenvalue weighted by Gasteiger charge is 2.24. The summed E-state index contributed by atoms with van der Waals surface area (Å²) in [6.45, 7) is 0.816. The predicted octanol–water partition coefficient (Wildman–Crippen LogP) is 3.91. The van der Waals surface area contributed by atoms with Crippen LogP contribution in [0.2, 0.25) is 10.0 Å². The van der Waals surface area contributed by atoms with Gasteiger partial charge in [-0.15, -0.1) is 0 Å². The van der Waals surface area contributed by atoms with Crippen LogP contribution in [0.25, 0.3) is 17.1 Å². The van der Waals surface area contributed by atoms with Crippen molar-refractivity contribution in [2.75, 3.05) is 18.5 Å². The number of hydrogen-bond acceptors (Lipinski definition) is 8. The highest BCUT2D eigenvalue weighted by molar-refractivity contribution is 6.31. The molecule has 11 heteroatoms. The third kappa shape index (κ3) is 4.65. The number of nitrogens with zero attached hydrogens (tertiary/aromatic N) is 5. The summed E-state index contributed by atoms with van der Waals surface area (Å²) in [4.78, 5) is 26.1. The van der Waals surface area contributed by atoms with E-state index in [2.05, 4.69) is 25.4 Å². The number of rotatable bonds is 6. The average molecular weight is 483 g/mol. The van der Waals surface area contributed by atoms with Crippen LogP contribution in [0, 0.1) is 0 Å². The second-order valence-corrected chi connectivity index (χ2v) is 7.96. The van der Waals surface area contributed by atoms with Gasteiger partial charge in [0.1, 0.15) is 11.1 Å². The number of halogens is 2. The van der Waals surface area contributed by atoms with Crippen molar-refractivity contribution in [2.24, 2.45) is 0 Å². The lowest BCUT2D eigenvalue weighted by Crippen LogP contribution is -2.40. The van der Waals surface area contributed by atoms with Crippen LogP contribution in [0.5, 0.6) is 5.75 Å². The van der Waals surface area contributed by atoms with Gasteiger partial charge in [-0.05, 0) is 36.4 Å². The number of ether oxygens (including phenoxy) is 2.